The van der Waals surface area contributed by atoms with Crippen molar-refractivity contribution < 1.29 is 9.53 Å². The van der Waals surface area contributed by atoms with Gasteiger partial charge in [0.15, 0.2) is 5.69 Å². The maximum Gasteiger partial charge on any atom is 0.276 e. The first-order chi connectivity index (χ1) is 13.6. The molecule has 0 unspecified atom stereocenters. The lowest BCUT2D eigenvalue weighted by Crippen LogP contribution is -2.15. The fourth-order valence-corrected chi connectivity index (χ4v) is 2.66. The Bertz CT molecular complexity index is 897. The van der Waals surface area contributed by atoms with Crippen molar-refractivity contribution in [2.45, 2.75) is 13.3 Å². The Balaban J connectivity index is 1.50. The molecule has 2 aromatic carbocycles. The van der Waals surface area contributed by atoms with Gasteiger partial charge in [-0.3, -0.25) is 4.79 Å². The van der Waals surface area contributed by atoms with Crippen molar-refractivity contribution in [1.82, 2.24) is 10.2 Å². The smallest absolute Gasteiger partial charge is 0.276 e. The number of hydrogen-bond donors (Lipinski definition) is 2. The number of hydrogen-bond acceptors (Lipinski definition) is 5. The third kappa shape index (κ3) is 5.69. The zero-order chi connectivity index (χ0) is 19.8. The van der Waals surface area contributed by atoms with Crippen molar-refractivity contribution in [2.75, 3.05) is 23.8 Å². The lowest BCUT2D eigenvalue weighted by atomic mass is 10.1. The van der Waals surface area contributed by atoms with E-state index in [1.54, 1.807) is 36.4 Å². The molecule has 0 atom stereocenters. The normalized spacial score (nSPS) is 10.4. The summed E-state index contributed by atoms with van der Waals surface area (Å²) in [6, 6.07) is 18.3. The molecule has 0 aliphatic heterocycles. The predicted octanol–water partition coefficient (Wildman–Crippen LogP) is 4.44. The van der Waals surface area contributed by atoms with Crippen LogP contribution in [0.5, 0.6) is 5.75 Å². The van der Waals surface area contributed by atoms with Gasteiger partial charge in [0.25, 0.3) is 5.91 Å². The van der Waals surface area contributed by atoms with E-state index in [2.05, 4.69) is 20.8 Å². The molecule has 2 N–H and O–H groups in total. The molecule has 1 amide bonds. The predicted molar refractivity (Wildman–Crippen MR) is 111 cm³/mol. The summed E-state index contributed by atoms with van der Waals surface area (Å²) >= 11 is 5.88. The Kier molecular flexibility index (Phi) is 6.81. The summed E-state index contributed by atoms with van der Waals surface area (Å²) in [5.74, 6) is 1.06. The summed E-state index contributed by atoms with van der Waals surface area (Å²) in [7, 11) is 0. The van der Waals surface area contributed by atoms with Gasteiger partial charge < -0.3 is 15.4 Å². The number of rotatable bonds is 8. The van der Waals surface area contributed by atoms with Crippen molar-refractivity contribution in [2.24, 2.45) is 0 Å². The van der Waals surface area contributed by atoms with E-state index in [0.29, 0.717) is 24.7 Å². The van der Waals surface area contributed by atoms with Crippen LogP contribution in [0.1, 0.15) is 23.0 Å². The topological polar surface area (TPSA) is 76.1 Å². The van der Waals surface area contributed by atoms with Crippen molar-refractivity contribution >= 4 is 29.0 Å². The SMILES string of the molecule is CCOc1ccc(NC(=O)c2ccc(NCCc3ccc(Cl)cc3)nn2)cc1. The maximum absolute atomic E-state index is 12.3. The second kappa shape index (κ2) is 9.71. The number of halogens is 1. The van der Waals surface area contributed by atoms with Crippen LogP contribution in [0.15, 0.2) is 60.7 Å². The first-order valence-electron chi connectivity index (χ1n) is 9.00. The average molecular weight is 397 g/mol. The number of aromatic nitrogens is 2. The van der Waals surface area contributed by atoms with Gasteiger partial charge in [-0.25, -0.2) is 0 Å². The quantitative estimate of drug-likeness (QED) is 0.588. The van der Waals surface area contributed by atoms with E-state index in [1.807, 2.05) is 31.2 Å². The van der Waals surface area contributed by atoms with Gasteiger partial charge in [-0.1, -0.05) is 23.7 Å². The Morgan fingerprint density at radius 1 is 1.00 bits per heavy atom. The molecule has 3 aromatic rings. The lowest BCUT2D eigenvalue weighted by molar-refractivity contribution is 0.102. The molecule has 0 radical (unpaired) electrons. The molecule has 0 aliphatic carbocycles. The minimum Gasteiger partial charge on any atom is -0.494 e. The fraction of sp³-hybridized carbons (Fsp3) is 0.190. The minimum absolute atomic E-state index is 0.247. The van der Waals surface area contributed by atoms with Gasteiger partial charge in [0.1, 0.15) is 11.6 Å². The number of nitrogens with one attached hydrogen (secondary N) is 2. The highest BCUT2D eigenvalue weighted by atomic mass is 35.5. The van der Waals surface area contributed by atoms with Gasteiger partial charge >= 0.3 is 0 Å². The van der Waals surface area contributed by atoms with E-state index in [4.69, 9.17) is 16.3 Å². The van der Waals surface area contributed by atoms with Crippen molar-refractivity contribution in [3.8, 4) is 5.75 Å². The maximum atomic E-state index is 12.3. The number of nitrogens with zero attached hydrogens (tertiary/aromatic N) is 2. The molecular weight excluding hydrogens is 376 g/mol. The third-order valence-electron chi connectivity index (χ3n) is 3.95. The van der Waals surface area contributed by atoms with Crippen molar-refractivity contribution in [3.63, 3.8) is 0 Å². The van der Waals surface area contributed by atoms with E-state index in [0.717, 1.165) is 17.2 Å². The minimum atomic E-state index is -0.315. The molecule has 0 bridgehead atoms. The monoisotopic (exact) mass is 396 g/mol. The number of benzene rings is 2. The molecule has 0 saturated heterocycles. The number of anilines is 2. The Labute approximate surface area is 168 Å². The highest BCUT2D eigenvalue weighted by Gasteiger charge is 2.09. The molecular formula is C21H21ClN4O2. The number of ether oxygens (including phenoxy) is 1. The van der Waals surface area contributed by atoms with Crippen molar-refractivity contribution in [3.05, 3.63) is 76.9 Å². The molecule has 144 valence electrons. The van der Waals surface area contributed by atoms with Crippen LogP contribution in [0.2, 0.25) is 5.02 Å². The molecule has 3 rings (SSSR count). The van der Waals surface area contributed by atoms with Gasteiger partial charge in [0.2, 0.25) is 0 Å². The summed E-state index contributed by atoms with van der Waals surface area (Å²) in [6.07, 6.45) is 0.832. The molecule has 1 aromatic heterocycles. The van der Waals surface area contributed by atoms with Crippen LogP contribution in [-0.4, -0.2) is 29.3 Å². The molecule has 0 aliphatic rings. The first kappa shape index (κ1) is 19.6. The van der Waals surface area contributed by atoms with E-state index >= 15 is 0 Å². The summed E-state index contributed by atoms with van der Waals surface area (Å²) in [4.78, 5) is 12.3. The summed E-state index contributed by atoms with van der Waals surface area (Å²) in [6.45, 7) is 3.22. The fourth-order valence-electron chi connectivity index (χ4n) is 2.53. The highest BCUT2D eigenvalue weighted by molar-refractivity contribution is 6.30. The zero-order valence-corrected chi connectivity index (χ0v) is 16.2. The van der Waals surface area contributed by atoms with E-state index in [1.165, 1.54) is 5.56 Å². The van der Waals surface area contributed by atoms with Crippen LogP contribution >= 0.6 is 11.6 Å². The zero-order valence-electron chi connectivity index (χ0n) is 15.5. The standard InChI is InChI=1S/C21H21ClN4O2/c1-2-28-18-9-7-17(8-10-18)24-21(27)19-11-12-20(26-25-19)23-14-13-15-3-5-16(22)6-4-15/h3-12H,2,13-14H2,1H3,(H,23,26)(H,24,27). The van der Waals surface area contributed by atoms with Gasteiger partial charge in [0.05, 0.1) is 6.61 Å². The van der Waals surface area contributed by atoms with Gasteiger partial charge in [-0.2, -0.15) is 0 Å². The third-order valence-corrected chi connectivity index (χ3v) is 4.21. The second-order valence-corrected chi connectivity index (χ2v) is 6.46. The van der Waals surface area contributed by atoms with Crippen molar-refractivity contribution in [1.29, 1.82) is 0 Å². The first-order valence-corrected chi connectivity index (χ1v) is 9.38. The lowest BCUT2D eigenvalue weighted by Gasteiger charge is -2.08. The summed E-state index contributed by atoms with van der Waals surface area (Å²) in [5.41, 5.74) is 2.09. The molecule has 6 nitrogen and oxygen atoms in total. The van der Waals surface area contributed by atoms with Crippen LogP contribution in [0.25, 0.3) is 0 Å². The number of carbonyl (C=O) groups excluding carboxylic acids is 1. The molecule has 0 fully saturated rings. The molecule has 7 heteroatoms. The average Bonchev–Trinajstić information content (AvgIpc) is 2.72. The van der Waals surface area contributed by atoms with Crippen LogP contribution in [-0.2, 0) is 6.42 Å². The van der Waals surface area contributed by atoms with Crippen LogP contribution in [0.4, 0.5) is 11.5 Å². The Morgan fingerprint density at radius 3 is 2.39 bits per heavy atom. The van der Waals surface area contributed by atoms with E-state index in [9.17, 15) is 4.79 Å². The Hall–Kier alpha value is -3.12. The molecule has 0 spiro atoms. The number of carbonyl (C=O) groups is 1. The largest absolute Gasteiger partial charge is 0.494 e. The summed E-state index contributed by atoms with van der Waals surface area (Å²) < 4.78 is 5.38. The molecule has 0 saturated carbocycles. The van der Waals surface area contributed by atoms with Crippen LogP contribution in [0, 0.1) is 0 Å². The Morgan fingerprint density at radius 2 is 1.75 bits per heavy atom. The second-order valence-electron chi connectivity index (χ2n) is 6.02. The van der Waals surface area contributed by atoms with Gasteiger partial charge in [-0.15, -0.1) is 10.2 Å². The van der Waals surface area contributed by atoms with E-state index in [-0.39, 0.29) is 11.6 Å². The summed E-state index contributed by atoms with van der Waals surface area (Å²) in [5, 5.41) is 14.8. The number of amides is 1. The molecule has 1 heterocycles. The highest BCUT2D eigenvalue weighted by Crippen LogP contribution is 2.16. The van der Waals surface area contributed by atoms with Crippen LogP contribution < -0.4 is 15.4 Å². The van der Waals surface area contributed by atoms with Gasteiger partial charge in [-0.05, 0) is 67.4 Å². The van der Waals surface area contributed by atoms with Crippen LogP contribution in [0.3, 0.4) is 0 Å². The van der Waals surface area contributed by atoms with Gasteiger partial charge in [0, 0.05) is 17.3 Å². The molecule has 28 heavy (non-hydrogen) atoms. The van der Waals surface area contributed by atoms with E-state index < -0.39 is 0 Å².